The molecule has 1 saturated heterocycles. The first-order valence-corrected chi connectivity index (χ1v) is 6.38. The van der Waals surface area contributed by atoms with Crippen molar-refractivity contribution in [2.45, 2.75) is 38.1 Å². The van der Waals surface area contributed by atoms with Crippen LogP contribution in [0.1, 0.15) is 31.7 Å². The van der Waals surface area contributed by atoms with Gasteiger partial charge in [-0.05, 0) is 19.4 Å². The van der Waals surface area contributed by atoms with Crippen LogP contribution < -0.4 is 5.73 Å². The Balaban J connectivity index is 2.19. The Labute approximate surface area is 103 Å². The molecule has 1 heterocycles. The Morgan fingerprint density at radius 3 is 2.76 bits per heavy atom. The van der Waals surface area contributed by atoms with Gasteiger partial charge in [-0.2, -0.15) is 0 Å². The van der Waals surface area contributed by atoms with Crippen molar-refractivity contribution in [2.24, 2.45) is 5.73 Å². The van der Waals surface area contributed by atoms with Crippen LogP contribution in [-0.2, 0) is 15.3 Å². The van der Waals surface area contributed by atoms with Crippen molar-refractivity contribution in [2.75, 3.05) is 13.2 Å². The molecule has 3 heteroatoms. The number of nitrogens with two attached hydrogens (primary N) is 1. The summed E-state index contributed by atoms with van der Waals surface area (Å²) >= 11 is 0. The minimum Gasteiger partial charge on any atom is -0.346 e. The lowest BCUT2D eigenvalue weighted by atomic mass is 10.0. The second-order valence-corrected chi connectivity index (χ2v) is 4.43. The number of hydrogen-bond acceptors (Lipinski definition) is 3. The van der Waals surface area contributed by atoms with E-state index in [1.54, 1.807) is 0 Å². The molecule has 0 radical (unpaired) electrons. The quantitative estimate of drug-likeness (QED) is 0.871. The summed E-state index contributed by atoms with van der Waals surface area (Å²) in [5.74, 6) is -0.570. The van der Waals surface area contributed by atoms with Crippen LogP contribution in [0.4, 0.5) is 0 Å². The maximum atomic E-state index is 6.15. The second-order valence-electron chi connectivity index (χ2n) is 4.43. The smallest absolute Gasteiger partial charge is 0.194 e. The molecule has 1 aromatic rings. The Kier molecular flexibility index (Phi) is 4.15. The van der Waals surface area contributed by atoms with Crippen LogP contribution in [-0.4, -0.2) is 19.3 Å². The summed E-state index contributed by atoms with van der Waals surface area (Å²) in [7, 11) is 0. The van der Waals surface area contributed by atoms with Crippen molar-refractivity contribution in [3.05, 3.63) is 35.9 Å². The molecule has 0 saturated carbocycles. The van der Waals surface area contributed by atoms with Gasteiger partial charge in [0.25, 0.3) is 0 Å². The van der Waals surface area contributed by atoms with Crippen LogP contribution in [0.3, 0.4) is 0 Å². The number of benzene rings is 1. The minimum absolute atomic E-state index is 0.217. The Morgan fingerprint density at radius 2 is 2.12 bits per heavy atom. The minimum atomic E-state index is -0.570. The molecule has 2 atom stereocenters. The van der Waals surface area contributed by atoms with E-state index in [2.05, 4.69) is 19.1 Å². The number of hydrogen-bond donors (Lipinski definition) is 1. The largest absolute Gasteiger partial charge is 0.346 e. The van der Waals surface area contributed by atoms with Gasteiger partial charge in [0.15, 0.2) is 5.79 Å². The molecule has 1 fully saturated rings. The highest BCUT2D eigenvalue weighted by Gasteiger charge is 2.38. The van der Waals surface area contributed by atoms with Crippen LogP contribution in [0.5, 0.6) is 0 Å². The first-order valence-electron chi connectivity index (χ1n) is 6.38. The van der Waals surface area contributed by atoms with E-state index in [4.69, 9.17) is 15.2 Å². The van der Waals surface area contributed by atoms with Crippen LogP contribution in [0.2, 0.25) is 0 Å². The Hall–Kier alpha value is -0.900. The topological polar surface area (TPSA) is 44.5 Å². The summed E-state index contributed by atoms with van der Waals surface area (Å²) < 4.78 is 12.1. The average Bonchev–Trinajstić information content (AvgIpc) is 2.40. The average molecular weight is 235 g/mol. The van der Waals surface area contributed by atoms with Gasteiger partial charge >= 0.3 is 0 Å². The van der Waals surface area contributed by atoms with E-state index in [0.29, 0.717) is 6.54 Å². The maximum Gasteiger partial charge on any atom is 0.194 e. The van der Waals surface area contributed by atoms with E-state index < -0.39 is 5.79 Å². The van der Waals surface area contributed by atoms with E-state index in [-0.39, 0.29) is 6.10 Å². The van der Waals surface area contributed by atoms with Gasteiger partial charge in [0.05, 0.1) is 12.7 Å². The molecule has 94 valence electrons. The summed E-state index contributed by atoms with van der Waals surface area (Å²) in [6, 6.07) is 10.2. The molecule has 17 heavy (non-hydrogen) atoms. The summed E-state index contributed by atoms with van der Waals surface area (Å²) in [5.41, 5.74) is 6.71. The number of rotatable bonds is 4. The fourth-order valence-corrected chi connectivity index (χ4v) is 2.34. The third kappa shape index (κ3) is 2.68. The van der Waals surface area contributed by atoms with Crippen molar-refractivity contribution >= 4 is 0 Å². The third-order valence-electron chi connectivity index (χ3n) is 3.30. The lowest BCUT2D eigenvalue weighted by Crippen LogP contribution is -2.42. The molecular weight excluding hydrogens is 214 g/mol. The van der Waals surface area contributed by atoms with Gasteiger partial charge in [-0.25, -0.2) is 0 Å². The second kappa shape index (κ2) is 5.63. The van der Waals surface area contributed by atoms with Crippen molar-refractivity contribution in [3.8, 4) is 0 Å². The van der Waals surface area contributed by atoms with Crippen molar-refractivity contribution in [3.63, 3.8) is 0 Å². The summed E-state index contributed by atoms with van der Waals surface area (Å²) in [6.07, 6.45) is 2.87. The first kappa shape index (κ1) is 12.6. The maximum absolute atomic E-state index is 6.15. The van der Waals surface area contributed by atoms with Crippen molar-refractivity contribution < 1.29 is 9.47 Å². The molecule has 0 unspecified atom stereocenters. The highest BCUT2D eigenvalue weighted by atomic mass is 16.7. The van der Waals surface area contributed by atoms with Gasteiger partial charge in [-0.3, -0.25) is 0 Å². The molecule has 3 nitrogen and oxygen atoms in total. The molecule has 0 spiro atoms. The van der Waals surface area contributed by atoms with Gasteiger partial charge in [-0.15, -0.1) is 0 Å². The molecule has 0 bridgehead atoms. The molecule has 1 aliphatic heterocycles. The van der Waals surface area contributed by atoms with E-state index in [0.717, 1.165) is 31.4 Å². The zero-order chi connectivity index (χ0) is 12.1. The van der Waals surface area contributed by atoms with Crippen LogP contribution in [0.15, 0.2) is 30.3 Å². The van der Waals surface area contributed by atoms with Crippen molar-refractivity contribution in [1.82, 2.24) is 0 Å². The standard InChI is InChI=1S/C14H21NO2/c1-2-14(12-6-4-3-5-7-12)16-11-9-13(17-14)8-10-15/h3-7,13H,2,8-11,15H2,1H3/t13-,14-/m0/s1. The molecule has 2 N–H and O–H groups in total. The predicted octanol–water partition coefficient (Wildman–Crippen LogP) is 2.40. The fraction of sp³-hybridized carbons (Fsp3) is 0.571. The number of ether oxygens (including phenoxy) is 2. The molecule has 0 amide bonds. The van der Waals surface area contributed by atoms with E-state index in [1.807, 2.05) is 18.2 Å². The monoisotopic (exact) mass is 235 g/mol. The predicted molar refractivity (Wildman–Crippen MR) is 67.5 cm³/mol. The van der Waals surface area contributed by atoms with E-state index >= 15 is 0 Å². The van der Waals surface area contributed by atoms with Gasteiger partial charge in [0, 0.05) is 12.0 Å². The van der Waals surface area contributed by atoms with Crippen LogP contribution >= 0.6 is 0 Å². The Morgan fingerprint density at radius 1 is 1.35 bits per heavy atom. The van der Waals surface area contributed by atoms with Crippen LogP contribution in [0, 0.1) is 0 Å². The molecule has 0 aliphatic carbocycles. The normalized spacial score (nSPS) is 29.2. The highest BCUT2D eigenvalue weighted by molar-refractivity contribution is 5.20. The molecule has 1 aromatic carbocycles. The third-order valence-corrected chi connectivity index (χ3v) is 3.30. The van der Waals surface area contributed by atoms with Crippen LogP contribution in [0.25, 0.3) is 0 Å². The lowest BCUT2D eigenvalue weighted by molar-refractivity contribution is -0.304. The van der Waals surface area contributed by atoms with Gasteiger partial charge in [0.1, 0.15) is 0 Å². The van der Waals surface area contributed by atoms with Crippen molar-refractivity contribution in [1.29, 1.82) is 0 Å². The zero-order valence-corrected chi connectivity index (χ0v) is 10.4. The Bertz CT molecular complexity index is 339. The van der Waals surface area contributed by atoms with E-state index in [9.17, 15) is 0 Å². The lowest BCUT2D eigenvalue weighted by Gasteiger charge is -2.41. The van der Waals surface area contributed by atoms with Gasteiger partial charge < -0.3 is 15.2 Å². The summed E-state index contributed by atoms with van der Waals surface area (Å²) in [5, 5.41) is 0. The highest BCUT2D eigenvalue weighted by Crippen LogP contribution is 2.36. The van der Waals surface area contributed by atoms with E-state index in [1.165, 1.54) is 0 Å². The summed E-state index contributed by atoms with van der Waals surface area (Å²) in [4.78, 5) is 0. The summed E-state index contributed by atoms with van der Waals surface area (Å²) in [6.45, 7) is 3.50. The molecule has 0 aromatic heterocycles. The zero-order valence-electron chi connectivity index (χ0n) is 10.4. The molecule has 2 rings (SSSR count). The first-order chi connectivity index (χ1) is 8.30. The molecule has 1 aliphatic rings. The fourth-order valence-electron chi connectivity index (χ4n) is 2.34. The molecular formula is C14H21NO2. The van der Waals surface area contributed by atoms with Gasteiger partial charge in [-0.1, -0.05) is 37.3 Å². The van der Waals surface area contributed by atoms with Gasteiger partial charge in [0.2, 0.25) is 0 Å². The SMILES string of the molecule is CC[C@]1(c2ccccc2)OCC[C@H](CCN)O1.